The van der Waals surface area contributed by atoms with E-state index in [9.17, 15) is 0 Å². The predicted octanol–water partition coefficient (Wildman–Crippen LogP) is 2.94. The minimum Gasteiger partial charge on any atom is -0.369 e. The summed E-state index contributed by atoms with van der Waals surface area (Å²) < 4.78 is 1.77. The van der Waals surface area contributed by atoms with Crippen molar-refractivity contribution in [3.63, 3.8) is 0 Å². The number of guanidine groups is 2. The van der Waals surface area contributed by atoms with Gasteiger partial charge in [-0.05, 0) is 56.9 Å². The van der Waals surface area contributed by atoms with E-state index in [0.717, 1.165) is 42.8 Å². The molecule has 0 bridgehead atoms. The standard InChI is InChI=1S/C18H22ClN7/c1-12-7-10-25(24-12)15-6-5-13(11-14(15)19)26-17(21)22-16(20)23-18(26)8-3-2-4-9-18/h5-7,10-11H,2-4,8-9H2,1H3,(H4,20,21,22,23). The van der Waals surface area contributed by atoms with E-state index in [0.29, 0.717) is 11.0 Å². The molecule has 26 heavy (non-hydrogen) atoms. The summed E-state index contributed by atoms with van der Waals surface area (Å²) in [5.41, 5.74) is 14.3. The second-order valence-corrected chi connectivity index (χ2v) is 7.26. The average molecular weight is 372 g/mol. The fourth-order valence-corrected chi connectivity index (χ4v) is 4.13. The molecule has 0 atom stereocenters. The van der Waals surface area contributed by atoms with Crippen molar-refractivity contribution < 1.29 is 0 Å². The third-order valence-corrected chi connectivity index (χ3v) is 5.31. The number of nitrogens with zero attached hydrogens (tertiary/aromatic N) is 5. The van der Waals surface area contributed by atoms with Crippen LogP contribution in [0.1, 0.15) is 37.8 Å². The lowest BCUT2D eigenvalue weighted by Crippen LogP contribution is -2.58. The van der Waals surface area contributed by atoms with Gasteiger partial charge in [0.05, 0.1) is 16.4 Å². The Morgan fingerprint density at radius 3 is 2.54 bits per heavy atom. The number of aromatic nitrogens is 2. The first-order chi connectivity index (χ1) is 12.5. The second-order valence-electron chi connectivity index (χ2n) is 6.86. The summed E-state index contributed by atoms with van der Waals surface area (Å²) in [7, 11) is 0. The molecule has 1 fully saturated rings. The highest BCUT2D eigenvalue weighted by Crippen LogP contribution is 2.40. The average Bonchev–Trinajstić information content (AvgIpc) is 3.01. The highest BCUT2D eigenvalue weighted by Gasteiger charge is 2.42. The van der Waals surface area contributed by atoms with Crippen molar-refractivity contribution in [1.29, 1.82) is 0 Å². The largest absolute Gasteiger partial charge is 0.369 e. The molecule has 2 heterocycles. The van der Waals surface area contributed by atoms with Gasteiger partial charge in [-0.2, -0.15) is 10.1 Å². The van der Waals surface area contributed by atoms with Crippen molar-refractivity contribution in [3.8, 4) is 5.69 Å². The number of rotatable bonds is 2. The number of hydrogen-bond acceptors (Lipinski definition) is 6. The monoisotopic (exact) mass is 371 g/mol. The van der Waals surface area contributed by atoms with E-state index >= 15 is 0 Å². The van der Waals surface area contributed by atoms with E-state index in [1.807, 2.05) is 42.3 Å². The van der Waals surface area contributed by atoms with Crippen LogP contribution in [0.5, 0.6) is 0 Å². The Balaban J connectivity index is 1.75. The topological polar surface area (TPSA) is 97.8 Å². The molecule has 1 aromatic heterocycles. The van der Waals surface area contributed by atoms with E-state index in [2.05, 4.69) is 15.1 Å². The van der Waals surface area contributed by atoms with E-state index in [1.54, 1.807) is 4.68 Å². The Kier molecular flexibility index (Phi) is 4.11. The number of hydrogen-bond donors (Lipinski definition) is 2. The molecule has 2 aliphatic rings. The smallest absolute Gasteiger partial charge is 0.220 e. The van der Waals surface area contributed by atoms with E-state index in [4.69, 9.17) is 23.1 Å². The van der Waals surface area contributed by atoms with Gasteiger partial charge in [0, 0.05) is 11.9 Å². The first-order valence-electron chi connectivity index (χ1n) is 8.80. The number of benzene rings is 1. The van der Waals surface area contributed by atoms with Crippen molar-refractivity contribution >= 4 is 29.2 Å². The number of nitrogens with two attached hydrogens (primary N) is 2. The molecule has 0 radical (unpaired) electrons. The summed E-state index contributed by atoms with van der Waals surface area (Å²) in [6, 6.07) is 7.75. The number of aryl methyl sites for hydroxylation is 1. The fraction of sp³-hybridized carbons (Fsp3) is 0.389. The zero-order valence-electron chi connectivity index (χ0n) is 14.7. The molecule has 0 saturated heterocycles. The number of aliphatic imine (C=N–C) groups is 2. The van der Waals surface area contributed by atoms with Gasteiger partial charge in [-0.3, -0.25) is 4.90 Å². The van der Waals surface area contributed by atoms with Gasteiger partial charge in [0.1, 0.15) is 5.66 Å². The van der Waals surface area contributed by atoms with Crippen LogP contribution in [0, 0.1) is 6.92 Å². The van der Waals surface area contributed by atoms with E-state index < -0.39 is 5.66 Å². The van der Waals surface area contributed by atoms with Crippen LogP contribution in [0.25, 0.3) is 5.69 Å². The Labute approximate surface area is 157 Å². The van der Waals surface area contributed by atoms with Crippen LogP contribution >= 0.6 is 11.6 Å². The van der Waals surface area contributed by atoms with Crippen LogP contribution in [-0.2, 0) is 0 Å². The van der Waals surface area contributed by atoms with Gasteiger partial charge in [0.2, 0.25) is 11.9 Å². The maximum absolute atomic E-state index is 6.57. The normalized spacial score (nSPS) is 19.4. The Morgan fingerprint density at radius 1 is 1.12 bits per heavy atom. The first kappa shape index (κ1) is 16.9. The van der Waals surface area contributed by atoms with E-state index in [-0.39, 0.29) is 5.96 Å². The zero-order valence-corrected chi connectivity index (χ0v) is 15.4. The summed E-state index contributed by atoms with van der Waals surface area (Å²) in [6.07, 6.45) is 7.03. The molecule has 1 aliphatic heterocycles. The highest BCUT2D eigenvalue weighted by molar-refractivity contribution is 6.32. The molecule has 1 spiro atoms. The van der Waals surface area contributed by atoms with Crippen LogP contribution in [-0.4, -0.2) is 27.4 Å². The molecule has 4 rings (SSSR count). The van der Waals surface area contributed by atoms with Gasteiger partial charge < -0.3 is 11.5 Å². The molecule has 8 heteroatoms. The van der Waals surface area contributed by atoms with Crippen LogP contribution < -0.4 is 16.4 Å². The molecule has 7 nitrogen and oxygen atoms in total. The molecule has 1 aromatic carbocycles. The van der Waals surface area contributed by atoms with E-state index in [1.165, 1.54) is 6.42 Å². The predicted molar refractivity (Wildman–Crippen MR) is 105 cm³/mol. The summed E-state index contributed by atoms with van der Waals surface area (Å²) >= 11 is 6.57. The van der Waals surface area contributed by atoms with Gasteiger partial charge in [-0.1, -0.05) is 18.0 Å². The lowest BCUT2D eigenvalue weighted by Gasteiger charge is -2.45. The minimum absolute atomic E-state index is 0.246. The van der Waals surface area contributed by atoms with Crippen molar-refractivity contribution in [3.05, 3.63) is 41.2 Å². The molecular weight excluding hydrogens is 350 g/mol. The molecule has 4 N–H and O–H groups in total. The molecule has 0 unspecified atom stereocenters. The lowest BCUT2D eigenvalue weighted by atomic mass is 9.87. The maximum atomic E-state index is 6.57. The van der Waals surface area contributed by atoms with Crippen LogP contribution in [0.3, 0.4) is 0 Å². The van der Waals surface area contributed by atoms with Crippen LogP contribution in [0.4, 0.5) is 5.69 Å². The summed E-state index contributed by atoms with van der Waals surface area (Å²) in [5, 5.41) is 5.01. The molecule has 1 aliphatic carbocycles. The van der Waals surface area contributed by atoms with Gasteiger partial charge in [-0.15, -0.1) is 0 Å². The summed E-state index contributed by atoms with van der Waals surface area (Å²) in [4.78, 5) is 10.9. The zero-order chi connectivity index (χ0) is 18.3. The quantitative estimate of drug-likeness (QED) is 0.847. The van der Waals surface area contributed by atoms with Gasteiger partial charge in [-0.25, -0.2) is 9.67 Å². The molecule has 0 amide bonds. The first-order valence-corrected chi connectivity index (χ1v) is 9.18. The fourth-order valence-electron chi connectivity index (χ4n) is 3.86. The lowest BCUT2D eigenvalue weighted by molar-refractivity contribution is 0.305. The van der Waals surface area contributed by atoms with Crippen LogP contribution in [0.2, 0.25) is 5.02 Å². The van der Waals surface area contributed by atoms with Crippen molar-refractivity contribution in [1.82, 2.24) is 9.78 Å². The van der Waals surface area contributed by atoms with Crippen LogP contribution in [0.15, 0.2) is 40.4 Å². The molecule has 1 saturated carbocycles. The summed E-state index contributed by atoms with van der Waals surface area (Å²) in [6.45, 7) is 1.94. The van der Waals surface area contributed by atoms with Crippen molar-refractivity contribution in [2.24, 2.45) is 21.5 Å². The second kappa shape index (κ2) is 6.32. The number of halogens is 1. The van der Waals surface area contributed by atoms with Gasteiger partial charge in [0.25, 0.3) is 0 Å². The Morgan fingerprint density at radius 2 is 1.88 bits per heavy atom. The highest BCUT2D eigenvalue weighted by atomic mass is 35.5. The third kappa shape index (κ3) is 2.82. The van der Waals surface area contributed by atoms with Crippen molar-refractivity contribution in [2.75, 3.05) is 4.90 Å². The Bertz CT molecular complexity index is 893. The SMILES string of the molecule is Cc1ccn(-c2ccc(N3C(N)=NC(N)=NC34CCCCC4)cc2Cl)n1. The summed E-state index contributed by atoms with van der Waals surface area (Å²) in [5.74, 6) is 0.605. The van der Waals surface area contributed by atoms with Gasteiger partial charge in [0.15, 0.2) is 0 Å². The number of anilines is 1. The molecular formula is C18H22ClN7. The minimum atomic E-state index is -0.471. The van der Waals surface area contributed by atoms with Crippen molar-refractivity contribution in [2.45, 2.75) is 44.7 Å². The Hall–Kier alpha value is -2.54. The maximum Gasteiger partial charge on any atom is 0.220 e. The third-order valence-electron chi connectivity index (χ3n) is 5.01. The molecule has 2 aromatic rings. The van der Waals surface area contributed by atoms with Gasteiger partial charge >= 0.3 is 0 Å². The molecule has 136 valence electrons.